The van der Waals surface area contributed by atoms with Crippen LogP contribution in [0.1, 0.15) is 61.3 Å². The zero-order valence-electron chi connectivity index (χ0n) is 14.5. The Kier molecular flexibility index (Phi) is 4.84. The van der Waals surface area contributed by atoms with Crippen LogP contribution in [0.25, 0.3) is 11.0 Å². The second kappa shape index (κ2) is 6.46. The number of pyridine rings is 1. The summed E-state index contributed by atoms with van der Waals surface area (Å²) in [6.07, 6.45) is 2.09. The van der Waals surface area contributed by atoms with Crippen molar-refractivity contribution in [1.82, 2.24) is 19.7 Å². The molecule has 0 aliphatic carbocycles. The summed E-state index contributed by atoms with van der Waals surface area (Å²) in [6, 6.07) is 1.94. The van der Waals surface area contributed by atoms with E-state index in [4.69, 9.17) is 0 Å². The van der Waals surface area contributed by atoms with E-state index in [1.54, 1.807) is 9.58 Å². The predicted octanol–water partition coefficient (Wildman–Crippen LogP) is 3.27. The summed E-state index contributed by atoms with van der Waals surface area (Å²) in [5.74, 6) is 0.325. The quantitative estimate of drug-likeness (QED) is 0.851. The Balaban J connectivity index is 2.57. The molecule has 0 saturated heterocycles. The molecule has 2 rings (SSSR count). The second-order valence-corrected chi connectivity index (χ2v) is 6.24. The maximum Gasteiger partial charge on any atom is 0.254 e. The predicted molar refractivity (Wildman–Crippen MR) is 89.2 cm³/mol. The van der Waals surface area contributed by atoms with E-state index in [1.807, 2.05) is 27.1 Å². The highest BCUT2D eigenvalue weighted by Crippen LogP contribution is 2.25. The molecule has 0 aromatic carbocycles. The smallest absolute Gasteiger partial charge is 0.254 e. The van der Waals surface area contributed by atoms with Crippen molar-refractivity contribution in [2.75, 3.05) is 13.6 Å². The molecule has 0 N–H and O–H groups in total. The first-order valence-electron chi connectivity index (χ1n) is 7.96. The van der Waals surface area contributed by atoms with Crippen molar-refractivity contribution < 1.29 is 4.79 Å². The maximum absolute atomic E-state index is 12.9. The molecule has 5 nitrogen and oxygen atoms in total. The van der Waals surface area contributed by atoms with Crippen molar-refractivity contribution in [3.8, 4) is 0 Å². The van der Waals surface area contributed by atoms with Gasteiger partial charge in [0.15, 0.2) is 5.65 Å². The lowest BCUT2D eigenvalue weighted by Crippen LogP contribution is -2.28. The van der Waals surface area contributed by atoms with Gasteiger partial charge in [-0.2, -0.15) is 5.10 Å². The van der Waals surface area contributed by atoms with Crippen LogP contribution < -0.4 is 0 Å². The molecule has 2 aromatic rings. The number of hydrogen-bond acceptors (Lipinski definition) is 3. The molecule has 2 heterocycles. The van der Waals surface area contributed by atoms with Crippen molar-refractivity contribution >= 4 is 16.9 Å². The molecule has 120 valence electrons. The van der Waals surface area contributed by atoms with Gasteiger partial charge in [-0.05, 0) is 25.3 Å². The number of amides is 1. The van der Waals surface area contributed by atoms with Crippen LogP contribution in [0, 0.1) is 6.92 Å². The van der Waals surface area contributed by atoms with Crippen LogP contribution >= 0.6 is 0 Å². The fourth-order valence-electron chi connectivity index (χ4n) is 2.63. The number of fused-ring (bicyclic) bond motifs is 1. The van der Waals surface area contributed by atoms with E-state index in [9.17, 15) is 4.79 Å². The fourth-order valence-corrected chi connectivity index (χ4v) is 2.63. The van der Waals surface area contributed by atoms with Crippen LogP contribution in [-0.2, 0) is 7.05 Å². The summed E-state index contributed by atoms with van der Waals surface area (Å²) in [6.45, 7) is 9.02. The molecule has 1 amide bonds. The Labute approximate surface area is 132 Å². The fraction of sp³-hybridized carbons (Fsp3) is 0.588. The standard InChI is InChI=1S/C17H26N4O/c1-7-8-9-20(5)17(22)13-10-14(11(2)3)18-16-15(13)12(4)19-21(16)6/h10-11H,7-9H2,1-6H3. The van der Waals surface area contributed by atoms with E-state index in [1.165, 1.54) is 0 Å². The topological polar surface area (TPSA) is 51.0 Å². The van der Waals surface area contributed by atoms with Gasteiger partial charge in [0.2, 0.25) is 0 Å². The van der Waals surface area contributed by atoms with E-state index in [0.717, 1.165) is 47.4 Å². The van der Waals surface area contributed by atoms with Crippen LogP contribution in [0.3, 0.4) is 0 Å². The SMILES string of the molecule is CCCCN(C)C(=O)c1cc(C(C)C)nc2c1c(C)nn2C. The highest BCUT2D eigenvalue weighted by Gasteiger charge is 2.21. The van der Waals surface area contributed by atoms with Gasteiger partial charge in [-0.1, -0.05) is 27.2 Å². The first-order chi connectivity index (χ1) is 10.4. The van der Waals surface area contributed by atoms with Crippen molar-refractivity contribution in [1.29, 1.82) is 0 Å². The first-order valence-corrected chi connectivity index (χ1v) is 7.96. The van der Waals surface area contributed by atoms with Gasteiger partial charge < -0.3 is 4.90 Å². The minimum Gasteiger partial charge on any atom is -0.342 e. The lowest BCUT2D eigenvalue weighted by atomic mass is 10.0. The van der Waals surface area contributed by atoms with Gasteiger partial charge in [0.25, 0.3) is 5.91 Å². The molecule has 0 atom stereocenters. The molecule has 0 radical (unpaired) electrons. The number of carbonyl (C=O) groups is 1. The van der Waals surface area contributed by atoms with Crippen molar-refractivity contribution in [2.24, 2.45) is 7.05 Å². The molecule has 5 heteroatoms. The summed E-state index contributed by atoms with van der Waals surface area (Å²) in [5, 5.41) is 5.31. The number of rotatable bonds is 5. The highest BCUT2D eigenvalue weighted by molar-refractivity contribution is 6.06. The van der Waals surface area contributed by atoms with Crippen LogP contribution in [0.2, 0.25) is 0 Å². The molecular weight excluding hydrogens is 276 g/mol. The lowest BCUT2D eigenvalue weighted by Gasteiger charge is -2.18. The average Bonchev–Trinajstić information content (AvgIpc) is 2.78. The molecular formula is C17H26N4O. The van der Waals surface area contributed by atoms with E-state index in [0.29, 0.717) is 0 Å². The van der Waals surface area contributed by atoms with Gasteiger partial charge >= 0.3 is 0 Å². The van der Waals surface area contributed by atoms with Crippen LogP contribution in [-0.4, -0.2) is 39.2 Å². The number of nitrogens with zero attached hydrogens (tertiary/aromatic N) is 4. The largest absolute Gasteiger partial charge is 0.342 e. The first kappa shape index (κ1) is 16.5. The van der Waals surface area contributed by atoms with Gasteiger partial charge in [-0.3, -0.25) is 9.48 Å². The Morgan fingerprint density at radius 2 is 2.09 bits per heavy atom. The molecule has 2 aromatic heterocycles. The molecule has 0 saturated carbocycles. The highest BCUT2D eigenvalue weighted by atomic mass is 16.2. The van der Waals surface area contributed by atoms with Crippen LogP contribution in [0.5, 0.6) is 0 Å². The Morgan fingerprint density at radius 3 is 2.68 bits per heavy atom. The zero-order chi connectivity index (χ0) is 16.4. The minimum atomic E-state index is 0.0545. The van der Waals surface area contributed by atoms with Gasteiger partial charge in [0.05, 0.1) is 16.6 Å². The summed E-state index contributed by atoms with van der Waals surface area (Å²) in [5.41, 5.74) is 3.30. The third-order valence-electron chi connectivity index (χ3n) is 4.00. The Morgan fingerprint density at radius 1 is 1.41 bits per heavy atom. The lowest BCUT2D eigenvalue weighted by molar-refractivity contribution is 0.0795. The van der Waals surface area contributed by atoms with Gasteiger partial charge in [0, 0.05) is 26.3 Å². The average molecular weight is 302 g/mol. The zero-order valence-corrected chi connectivity index (χ0v) is 14.5. The molecule has 0 aliphatic rings. The Bertz CT molecular complexity index is 688. The number of aromatic nitrogens is 3. The van der Waals surface area contributed by atoms with Gasteiger partial charge in [0.1, 0.15) is 0 Å². The summed E-state index contributed by atoms with van der Waals surface area (Å²) in [4.78, 5) is 19.4. The van der Waals surface area contributed by atoms with Crippen molar-refractivity contribution in [2.45, 2.75) is 46.5 Å². The van der Waals surface area contributed by atoms with Crippen LogP contribution in [0.15, 0.2) is 6.07 Å². The number of unbranched alkanes of at least 4 members (excludes halogenated alkanes) is 1. The normalized spacial score (nSPS) is 11.4. The van der Waals surface area contributed by atoms with E-state index in [2.05, 4.69) is 30.9 Å². The van der Waals surface area contributed by atoms with E-state index >= 15 is 0 Å². The summed E-state index contributed by atoms with van der Waals surface area (Å²) < 4.78 is 1.76. The van der Waals surface area contributed by atoms with Gasteiger partial charge in [-0.25, -0.2) is 4.98 Å². The van der Waals surface area contributed by atoms with Crippen LogP contribution in [0.4, 0.5) is 0 Å². The maximum atomic E-state index is 12.9. The number of aryl methyl sites for hydroxylation is 2. The molecule has 0 aliphatic heterocycles. The third kappa shape index (κ3) is 2.98. The van der Waals surface area contributed by atoms with E-state index < -0.39 is 0 Å². The summed E-state index contributed by atoms with van der Waals surface area (Å²) >= 11 is 0. The molecule has 0 unspecified atom stereocenters. The second-order valence-electron chi connectivity index (χ2n) is 6.24. The minimum absolute atomic E-state index is 0.0545. The van der Waals surface area contributed by atoms with Crippen molar-refractivity contribution in [3.63, 3.8) is 0 Å². The molecule has 0 bridgehead atoms. The molecule has 22 heavy (non-hydrogen) atoms. The molecule has 0 spiro atoms. The van der Waals surface area contributed by atoms with Gasteiger partial charge in [-0.15, -0.1) is 0 Å². The third-order valence-corrected chi connectivity index (χ3v) is 4.00. The number of carbonyl (C=O) groups excluding carboxylic acids is 1. The monoisotopic (exact) mass is 302 g/mol. The summed E-state index contributed by atoms with van der Waals surface area (Å²) in [7, 11) is 3.74. The van der Waals surface area contributed by atoms with E-state index in [-0.39, 0.29) is 11.8 Å². The van der Waals surface area contributed by atoms with Crippen molar-refractivity contribution in [3.05, 3.63) is 23.0 Å². The Hall–Kier alpha value is -1.91. The molecule has 0 fully saturated rings. The number of hydrogen-bond donors (Lipinski definition) is 0.